The molecular weight excluding hydrogens is 520 g/mol. The summed E-state index contributed by atoms with van der Waals surface area (Å²) in [5, 5.41) is 3.45. The Morgan fingerprint density at radius 1 is 1.21 bits per heavy atom. The maximum Gasteiger partial charge on any atom is 0.401 e. The van der Waals surface area contributed by atoms with Gasteiger partial charge < -0.3 is 14.9 Å². The number of thioether (sulfide) groups is 1. The number of pyridine rings is 1. The average Bonchev–Trinajstić information content (AvgIpc) is 3.12. The van der Waals surface area contributed by atoms with Gasteiger partial charge in [-0.15, -0.1) is 11.8 Å². The topological polar surface area (TPSA) is 70.1 Å². The van der Waals surface area contributed by atoms with Crippen LogP contribution in [0.2, 0.25) is 0 Å². The molecule has 6 nitrogen and oxygen atoms in total. The first kappa shape index (κ1) is 28.2. The first-order valence-electron chi connectivity index (χ1n) is 12.5. The minimum Gasteiger partial charge on any atom is -0.348 e. The standard InChI is InChI=1S/C27H32F4N4O2S/c1-15-11-23(38-4)21(25(36)33-15)13-32-26(37)24-17(3)35(22-12-19(28)5-6-20(22)24)16(2)18-7-9-34(10-8-18)14-27(29,30)31/h5-6,11-12,16,18H,7-10,13-14H2,1-4H3,(H,32,37)(H,33,36)/t16-/m1/s1. The Balaban J connectivity index is 1.61. The Kier molecular flexibility index (Phi) is 8.27. The molecule has 1 saturated heterocycles. The second kappa shape index (κ2) is 11.1. The molecule has 0 radical (unpaired) electrons. The van der Waals surface area contributed by atoms with E-state index in [1.54, 1.807) is 19.9 Å². The average molecular weight is 553 g/mol. The van der Waals surface area contributed by atoms with Crippen LogP contribution in [0.1, 0.15) is 53.1 Å². The van der Waals surface area contributed by atoms with E-state index in [2.05, 4.69) is 10.3 Å². The van der Waals surface area contributed by atoms with E-state index in [-0.39, 0.29) is 30.0 Å². The number of carbonyl (C=O) groups is 1. The van der Waals surface area contributed by atoms with Gasteiger partial charge >= 0.3 is 6.18 Å². The fourth-order valence-electron chi connectivity index (χ4n) is 5.57. The molecule has 3 heterocycles. The number of fused-ring (bicyclic) bond motifs is 1. The summed E-state index contributed by atoms with van der Waals surface area (Å²) >= 11 is 1.42. The molecule has 11 heteroatoms. The van der Waals surface area contributed by atoms with Crippen molar-refractivity contribution in [3.05, 3.63) is 63.0 Å². The van der Waals surface area contributed by atoms with Gasteiger partial charge in [-0.1, -0.05) is 0 Å². The highest BCUT2D eigenvalue weighted by Gasteiger charge is 2.34. The van der Waals surface area contributed by atoms with Crippen LogP contribution in [0, 0.1) is 25.6 Å². The molecule has 0 spiro atoms. The summed E-state index contributed by atoms with van der Waals surface area (Å²) < 4.78 is 54.7. The SMILES string of the molecule is CSc1cc(C)[nH]c(=O)c1CNC(=O)c1c(C)n([C@H](C)C2CCN(CC(F)(F)F)CC2)c2cc(F)ccc12. The van der Waals surface area contributed by atoms with Gasteiger partial charge in [-0.3, -0.25) is 14.5 Å². The Labute approximate surface area is 222 Å². The zero-order valence-electron chi connectivity index (χ0n) is 21.8. The van der Waals surface area contributed by atoms with Crippen molar-refractivity contribution in [3.63, 3.8) is 0 Å². The third-order valence-electron chi connectivity index (χ3n) is 7.44. The molecule has 0 unspecified atom stereocenters. The number of aromatic nitrogens is 2. The molecule has 1 fully saturated rings. The Hall–Kier alpha value is -2.79. The van der Waals surface area contributed by atoms with Crippen molar-refractivity contribution in [2.24, 2.45) is 5.92 Å². The molecule has 4 rings (SSSR count). The minimum atomic E-state index is -4.23. The van der Waals surface area contributed by atoms with E-state index in [0.717, 1.165) is 10.6 Å². The zero-order chi connectivity index (χ0) is 27.8. The summed E-state index contributed by atoms with van der Waals surface area (Å²) in [5.74, 6) is -0.744. The number of aryl methyl sites for hydroxylation is 1. The van der Waals surface area contributed by atoms with Crippen LogP contribution >= 0.6 is 11.8 Å². The van der Waals surface area contributed by atoms with E-state index in [1.807, 2.05) is 23.8 Å². The lowest BCUT2D eigenvalue weighted by Gasteiger charge is -2.36. The number of H-pyrrole nitrogens is 1. The van der Waals surface area contributed by atoms with Crippen molar-refractivity contribution in [2.75, 3.05) is 25.9 Å². The second-order valence-corrected chi connectivity index (χ2v) is 10.8. The lowest BCUT2D eigenvalue weighted by molar-refractivity contribution is -0.149. The molecule has 38 heavy (non-hydrogen) atoms. The maximum atomic E-state index is 14.3. The number of hydrogen-bond acceptors (Lipinski definition) is 4. The number of halogens is 4. The number of nitrogens with zero attached hydrogens (tertiary/aromatic N) is 2. The number of aromatic amines is 1. The second-order valence-electron chi connectivity index (χ2n) is 9.97. The number of piperidine rings is 1. The molecule has 0 bridgehead atoms. The number of amides is 1. The fraction of sp³-hybridized carbons (Fsp3) is 0.481. The maximum absolute atomic E-state index is 14.3. The number of likely N-dealkylation sites (tertiary alicyclic amines) is 1. The molecule has 1 atom stereocenters. The molecule has 3 aromatic rings. The van der Waals surface area contributed by atoms with E-state index >= 15 is 0 Å². The predicted octanol–water partition coefficient (Wildman–Crippen LogP) is 5.57. The molecule has 0 aliphatic carbocycles. The van der Waals surface area contributed by atoms with Gasteiger partial charge in [-0.25, -0.2) is 4.39 Å². The lowest BCUT2D eigenvalue weighted by Crippen LogP contribution is -2.41. The van der Waals surface area contributed by atoms with Crippen LogP contribution in [-0.2, 0) is 6.54 Å². The van der Waals surface area contributed by atoms with E-state index in [0.29, 0.717) is 53.7 Å². The molecule has 1 aliphatic heterocycles. The predicted molar refractivity (Wildman–Crippen MR) is 141 cm³/mol. The number of nitrogens with one attached hydrogen (secondary N) is 2. The highest BCUT2D eigenvalue weighted by molar-refractivity contribution is 7.98. The fourth-order valence-corrected chi connectivity index (χ4v) is 6.28. The van der Waals surface area contributed by atoms with Crippen LogP contribution in [0.25, 0.3) is 10.9 Å². The molecule has 1 aromatic carbocycles. The molecule has 206 valence electrons. The zero-order valence-corrected chi connectivity index (χ0v) is 22.7. The van der Waals surface area contributed by atoms with Gasteiger partial charge in [0.05, 0.1) is 17.6 Å². The third-order valence-corrected chi connectivity index (χ3v) is 8.24. The largest absolute Gasteiger partial charge is 0.401 e. The Bertz CT molecular complexity index is 1390. The smallest absolute Gasteiger partial charge is 0.348 e. The first-order valence-corrected chi connectivity index (χ1v) is 13.8. The van der Waals surface area contributed by atoms with Crippen LogP contribution in [0.5, 0.6) is 0 Å². The molecule has 0 saturated carbocycles. The van der Waals surface area contributed by atoms with Crippen molar-refractivity contribution in [1.29, 1.82) is 0 Å². The van der Waals surface area contributed by atoms with Crippen molar-refractivity contribution >= 4 is 28.6 Å². The van der Waals surface area contributed by atoms with Crippen LogP contribution in [0.15, 0.2) is 34.0 Å². The minimum absolute atomic E-state index is 0.0329. The monoisotopic (exact) mass is 552 g/mol. The lowest BCUT2D eigenvalue weighted by atomic mass is 9.90. The Morgan fingerprint density at radius 2 is 1.89 bits per heavy atom. The van der Waals surface area contributed by atoms with Crippen LogP contribution < -0.4 is 10.9 Å². The van der Waals surface area contributed by atoms with Gasteiger partial charge in [0.15, 0.2) is 0 Å². The molecule has 1 amide bonds. The van der Waals surface area contributed by atoms with Gasteiger partial charge in [0.1, 0.15) is 5.82 Å². The normalized spacial score (nSPS) is 16.2. The number of carbonyl (C=O) groups excluding carboxylic acids is 1. The van der Waals surface area contributed by atoms with Gasteiger partial charge in [-0.2, -0.15) is 13.2 Å². The summed E-state index contributed by atoms with van der Waals surface area (Å²) in [6.45, 7) is 5.34. The first-order chi connectivity index (χ1) is 17.9. The van der Waals surface area contributed by atoms with Crippen molar-refractivity contribution < 1.29 is 22.4 Å². The van der Waals surface area contributed by atoms with Crippen molar-refractivity contribution in [1.82, 2.24) is 19.8 Å². The van der Waals surface area contributed by atoms with Crippen LogP contribution in [-0.4, -0.2) is 52.4 Å². The molecule has 2 aromatic heterocycles. The van der Waals surface area contributed by atoms with Gasteiger partial charge in [0.25, 0.3) is 11.5 Å². The third kappa shape index (κ3) is 5.93. The van der Waals surface area contributed by atoms with Crippen molar-refractivity contribution in [3.8, 4) is 0 Å². The van der Waals surface area contributed by atoms with Crippen LogP contribution in [0.3, 0.4) is 0 Å². The van der Waals surface area contributed by atoms with E-state index in [4.69, 9.17) is 0 Å². The summed E-state index contributed by atoms with van der Waals surface area (Å²) in [7, 11) is 0. The highest BCUT2D eigenvalue weighted by atomic mass is 32.2. The number of rotatable bonds is 7. The number of alkyl halides is 3. The summed E-state index contributed by atoms with van der Waals surface area (Å²) in [4.78, 5) is 30.9. The number of hydrogen-bond donors (Lipinski definition) is 2. The van der Waals surface area contributed by atoms with Crippen molar-refractivity contribution in [2.45, 2.75) is 57.3 Å². The highest BCUT2D eigenvalue weighted by Crippen LogP contribution is 2.36. The Morgan fingerprint density at radius 3 is 2.53 bits per heavy atom. The quantitative estimate of drug-likeness (QED) is 0.297. The van der Waals surface area contributed by atoms with Gasteiger partial charge in [0, 0.05) is 39.8 Å². The van der Waals surface area contributed by atoms with Gasteiger partial charge in [0.2, 0.25) is 0 Å². The molecular formula is C27H32F4N4O2S. The van der Waals surface area contributed by atoms with E-state index < -0.39 is 18.5 Å². The molecule has 2 N–H and O–H groups in total. The van der Waals surface area contributed by atoms with E-state index in [9.17, 15) is 27.2 Å². The molecule has 1 aliphatic rings. The summed E-state index contributed by atoms with van der Waals surface area (Å²) in [5.41, 5.74) is 2.54. The van der Waals surface area contributed by atoms with E-state index in [1.165, 1.54) is 28.8 Å². The van der Waals surface area contributed by atoms with Gasteiger partial charge in [-0.05, 0) is 83.1 Å². The number of benzene rings is 1. The summed E-state index contributed by atoms with van der Waals surface area (Å²) in [6, 6.07) is 5.98. The summed E-state index contributed by atoms with van der Waals surface area (Å²) in [6.07, 6.45) is -1.23. The van der Waals surface area contributed by atoms with Crippen LogP contribution in [0.4, 0.5) is 17.6 Å².